The van der Waals surface area contributed by atoms with Crippen molar-refractivity contribution in [2.75, 3.05) is 41.7 Å². The minimum atomic E-state index is -0.0582. The highest BCUT2D eigenvalue weighted by atomic mass is 16.7. The number of methoxy groups -OCH3 is 3. The fourth-order valence-corrected chi connectivity index (χ4v) is 4.20. The van der Waals surface area contributed by atoms with E-state index in [1.54, 1.807) is 27.4 Å². The first-order valence-electron chi connectivity index (χ1n) is 9.74. The van der Waals surface area contributed by atoms with E-state index < -0.39 is 0 Å². The molecule has 2 aromatic carbocycles. The molecule has 8 heteroatoms. The topological polar surface area (TPSA) is 82.0 Å². The molecule has 0 unspecified atom stereocenters. The van der Waals surface area contributed by atoms with Crippen molar-refractivity contribution in [3.05, 3.63) is 41.0 Å². The fourth-order valence-electron chi connectivity index (χ4n) is 4.20. The van der Waals surface area contributed by atoms with Crippen LogP contribution in [-0.4, -0.2) is 57.5 Å². The van der Waals surface area contributed by atoms with Gasteiger partial charge in [-0.1, -0.05) is 5.16 Å². The van der Waals surface area contributed by atoms with Crippen LogP contribution in [0.2, 0.25) is 0 Å². The first kappa shape index (κ1) is 20.2. The maximum atomic E-state index is 9.84. The van der Waals surface area contributed by atoms with Crippen molar-refractivity contribution in [2.24, 2.45) is 5.16 Å². The Morgan fingerprint density at radius 3 is 2.63 bits per heavy atom. The zero-order valence-corrected chi connectivity index (χ0v) is 17.6. The molecule has 2 aromatic rings. The number of likely N-dealkylation sites (N-methyl/N-ethyl adjacent to an activating group) is 1. The highest BCUT2D eigenvalue weighted by Crippen LogP contribution is 2.50. The second kappa shape index (κ2) is 8.31. The molecule has 0 aromatic heterocycles. The number of ether oxygens (including phenoxy) is 5. The van der Waals surface area contributed by atoms with Crippen LogP contribution in [0.25, 0.3) is 0 Å². The highest BCUT2D eigenvalue weighted by molar-refractivity contribution is 6.01. The third-order valence-corrected chi connectivity index (χ3v) is 5.77. The predicted molar refractivity (Wildman–Crippen MR) is 111 cm³/mol. The second-order valence-corrected chi connectivity index (χ2v) is 7.28. The average molecular weight is 414 g/mol. The zero-order chi connectivity index (χ0) is 21.3. The van der Waals surface area contributed by atoms with Gasteiger partial charge < -0.3 is 28.9 Å². The van der Waals surface area contributed by atoms with Gasteiger partial charge in [0.05, 0.1) is 27.0 Å². The Morgan fingerprint density at radius 2 is 1.93 bits per heavy atom. The zero-order valence-electron chi connectivity index (χ0n) is 17.6. The summed E-state index contributed by atoms with van der Waals surface area (Å²) in [6.07, 6.45) is 1.35. The number of rotatable bonds is 6. The molecule has 0 radical (unpaired) electrons. The molecular weight excluding hydrogens is 388 g/mol. The Hall–Kier alpha value is -3.13. The van der Waals surface area contributed by atoms with Crippen LogP contribution in [0, 0.1) is 0 Å². The van der Waals surface area contributed by atoms with Gasteiger partial charge >= 0.3 is 0 Å². The lowest BCUT2D eigenvalue weighted by atomic mass is 9.87. The van der Waals surface area contributed by atoms with Crippen LogP contribution in [0.1, 0.15) is 29.2 Å². The molecule has 30 heavy (non-hydrogen) atoms. The lowest BCUT2D eigenvalue weighted by molar-refractivity contribution is 0.170. The van der Waals surface area contributed by atoms with E-state index in [0.717, 1.165) is 29.7 Å². The average Bonchev–Trinajstić information content (AvgIpc) is 3.25. The minimum Gasteiger partial charge on any atom is -0.493 e. The molecule has 0 aliphatic carbocycles. The molecule has 2 aliphatic heterocycles. The SMILES string of the molecule is COc1ccc(/C(C[C@@H]2c3c(cc4c(c3OC)OCO4)CCN2C)=N/O)cc1OC. The van der Waals surface area contributed by atoms with Crippen LogP contribution in [0.3, 0.4) is 0 Å². The molecular formula is C22H26N2O6. The summed E-state index contributed by atoms with van der Waals surface area (Å²) in [6.45, 7) is 1.05. The van der Waals surface area contributed by atoms with Crippen LogP contribution in [0.15, 0.2) is 29.4 Å². The smallest absolute Gasteiger partial charge is 0.231 e. The summed E-state index contributed by atoms with van der Waals surface area (Å²) >= 11 is 0. The van der Waals surface area contributed by atoms with Crippen molar-refractivity contribution in [3.8, 4) is 28.7 Å². The maximum absolute atomic E-state index is 9.84. The molecule has 1 atom stereocenters. The van der Waals surface area contributed by atoms with Crippen LogP contribution in [0.5, 0.6) is 28.7 Å². The molecule has 1 N–H and O–H groups in total. The van der Waals surface area contributed by atoms with Gasteiger partial charge in [0.2, 0.25) is 12.5 Å². The van der Waals surface area contributed by atoms with E-state index in [4.69, 9.17) is 23.7 Å². The molecule has 2 heterocycles. The largest absolute Gasteiger partial charge is 0.493 e. The van der Waals surface area contributed by atoms with Gasteiger partial charge in [0, 0.05) is 30.1 Å². The molecule has 0 spiro atoms. The van der Waals surface area contributed by atoms with Crippen LogP contribution in [0.4, 0.5) is 0 Å². The lowest BCUT2D eigenvalue weighted by Crippen LogP contribution is -2.34. The molecule has 160 valence electrons. The summed E-state index contributed by atoms with van der Waals surface area (Å²) in [4.78, 5) is 2.24. The third kappa shape index (κ3) is 3.37. The first-order chi connectivity index (χ1) is 14.6. The van der Waals surface area contributed by atoms with Gasteiger partial charge in [0.15, 0.2) is 23.0 Å². The van der Waals surface area contributed by atoms with Gasteiger partial charge in [-0.05, 0) is 43.3 Å². The summed E-state index contributed by atoms with van der Waals surface area (Å²) < 4.78 is 27.7. The monoisotopic (exact) mass is 414 g/mol. The molecule has 0 saturated heterocycles. The fraction of sp³-hybridized carbons (Fsp3) is 0.409. The summed E-state index contributed by atoms with van der Waals surface area (Å²) in [5.41, 5.74) is 3.50. The van der Waals surface area contributed by atoms with Crippen LogP contribution in [-0.2, 0) is 6.42 Å². The number of fused-ring (bicyclic) bond motifs is 2. The van der Waals surface area contributed by atoms with Gasteiger partial charge in [0.25, 0.3) is 0 Å². The minimum absolute atomic E-state index is 0.0582. The van der Waals surface area contributed by atoms with Crippen molar-refractivity contribution in [2.45, 2.75) is 18.9 Å². The first-order valence-corrected chi connectivity index (χ1v) is 9.74. The number of nitrogens with zero attached hydrogens (tertiary/aromatic N) is 2. The van der Waals surface area contributed by atoms with Crippen molar-refractivity contribution < 1.29 is 28.9 Å². The quantitative estimate of drug-likeness (QED) is 0.441. The Labute approximate surface area is 175 Å². The molecule has 0 amide bonds. The van der Waals surface area contributed by atoms with Gasteiger partial charge in [-0.15, -0.1) is 0 Å². The highest BCUT2D eigenvalue weighted by Gasteiger charge is 2.35. The van der Waals surface area contributed by atoms with E-state index in [9.17, 15) is 5.21 Å². The van der Waals surface area contributed by atoms with Gasteiger partial charge in [0.1, 0.15) is 0 Å². The van der Waals surface area contributed by atoms with E-state index in [1.807, 2.05) is 18.2 Å². The van der Waals surface area contributed by atoms with E-state index in [-0.39, 0.29) is 12.8 Å². The van der Waals surface area contributed by atoms with E-state index in [0.29, 0.717) is 40.9 Å². The van der Waals surface area contributed by atoms with Crippen molar-refractivity contribution in [1.82, 2.24) is 4.90 Å². The van der Waals surface area contributed by atoms with Crippen molar-refractivity contribution in [1.29, 1.82) is 0 Å². The standard InChI is InChI=1S/C22H26N2O6/c1-24-8-7-14-10-19-21(30-12-29-19)22(28-4)20(14)16(24)11-15(23-25)13-5-6-17(26-2)18(9-13)27-3/h5-6,9-10,16,25H,7-8,11-12H2,1-4H3/b23-15+/t16-/m1/s1. The van der Waals surface area contributed by atoms with Gasteiger partial charge in [-0.3, -0.25) is 4.90 Å². The summed E-state index contributed by atoms with van der Waals surface area (Å²) in [7, 11) is 6.86. The van der Waals surface area contributed by atoms with Crippen LogP contribution >= 0.6 is 0 Å². The maximum Gasteiger partial charge on any atom is 0.231 e. The number of hydrogen-bond donors (Lipinski definition) is 1. The normalized spacial score (nSPS) is 18.1. The predicted octanol–water partition coefficient (Wildman–Crippen LogP) is 3.24. The van der Waals surface area contributed by atoms with E-state index >= 15 is 0 Å². The lowest BCUT2D eigenvalue weighted by Gasteiger charge is -2.36. The summed E-state index contributed by atoms with van der Waals surface area (Å²) in [6, 6.07) is 7.45. The number of benzene rings is 2. The molecule has 0 saturated carbocycles. The molecule has 8 nitrogen and oxygen atoms in total. The molecule has 4 rings (SSSR count). The van der Waals surface area contributed by atoms with Crippen molar-refractivity contribution in [3.63, 3.8) is 0 Å². The third-order valence-electron chi connectivity index (χ3n) is 5.77. The van der Waals surface area contributed by atoms with Gasteiger partial charge in [-0.2, -0.15) is 0 Å². The summed E-state index contributed by atoms with van der Waals surface area (Å²) in [5.74, 6) is 3.22. The number of hydrogen-bond acceptors (Lipinski definition) is 8. The molecule has 0 bridgehead atoms. The second-order valence-electron chi connectivity index (χ2n) is 7.28. The van der Waals surface area contributed by atoms with Crippen molar-refractivity contribution >= 4 is 5.71 Å². The molecule has 0 fully saturated rings. The Balaban J connectivity index is 1.73. The van der Waals surface area contributed by atoms with E-state index in [2.05, 4.69) is 17.1 Å². The van der Waals surface area contributed by atoms with Gasteiger partial charge in [-0.25, -0.2) is 0 Å². The van der Waals surface area contributed by atoms with E-state index in [1.165, 1.54) is 0 Å². The Kier molecular flexibility index (Phi) is 5.59. The summed E-state index contributed by atoms with van der Waals surface area (Å²) in [5, 5.41) is 13.5. The number of oxime groups is 1. The Morgan fingerprint density at radius 1 is 1.13 bits per heavy atom. The van der Waals surface area contributed by atoms with Crippen LogP contribution < -0.4 is 23.7 Å². The molecule has 2 aliphatic rings. The Bertz CT molecular complexity index is 975.